The largest absolute Gasteiger partial charge is 0.356 e. The number of nitrogens with zero attached hydrogens (tertiary/aromatic N) is 3. The third kappa shape index (κ3) is 6.41. The molecule has 1 N–H and O–H groups in total. The Labute approximate surface area is 176 Å². The van der Waals surface area contributed by atoms with E-state index in [1.165, 1.54) is 50.8 Å². The predicted molar refractivity (Wildman–Crippen MR) is 121 cm³/mol. The first-order valence-electron chi connectivity index (χ1n) is 9.92. The highest BCUT2D eigenvalue weighted by atomic mass is 127. The van der Waals surface area contributed by atoms with Crippen LogP contribution < -0.4 is 5.32 Å². The molecule has 0 aromatic heterocycles. The first-order valence-corrected chi connectivity index (χ1v) is 9.92. The molecule has 2 heterocycles. The van der Waals surface area contributed by atoms with Gasteiger partial charge in [-0.05, 0) is 69.6 Å². The molecular formula is C21H35IN4. The number of benzene rings is 1. The van der Waals surface area contributed by atoms with Gasteiger partial charge in [0.25, 0.3) is 0 Å². The quantitative estimate of drug-likeness (QED) is 0.406. The van der Waals surface area contributed by atoms with Crippen molar-refractivity contribution in [2.75, 3.05) is 46.8 Å². The molecule has 4 nitrogen and oxygen atoms in total. The highest BCUT2D eigenvalue weighted by Gasteiger charge is 2.25. The first-order chi connectivity index (χ1) is 12.2. The first kappa shape index (κ1) is 21.5. The summed E-state index contributed by atoms with van der Waals surface area (Å²) in [7, 11) is 4.15. The average molecular weight is 470 g/mol. The second kappa shape index (κ2) is 11.1. The zero-order chi connectivity index (χ0) is 17.5. The molecule has 1 atom stereocenters. The van der Waals surface area contributed by atoms with Gasteiger partial charge in [-0.25, -0.2) is 0 Å². The summed E-state index contributed by atoms with van der Waals surface area (Å²) in [4.78, 5) is 9.42. The van der Waals surface area contributed by atoms with Gasteiger partial charge >= 0.3 is 0 Å². The van der Waals surface area contributed by atoms with E-state index in [1.807, 2.05) is 7.05 Å². The molecule has 2 fully saturated rings. The molecule has 1 unspecified atom stereocenters. The number of hydrogen-bond donors (Lipinski definition) is 1. The lowest BCUT2D eigenvalue weighted by atomic mass is 9.94. The van der Waals surface area contributed by atoms with Crippen molar-refractivity contribution in [2.45, 2.75) is 32.1 Å². The van der Waals surface area contributed by atoms with Crippen molar-refractivity contribution in [1.82, 2.24) is 15.1 Å². The van der Waals surface area contributed by atoms with Crippen molar-refractivity contribution in [3.63, 3.8) is 0 Å². The maximum Gasteiger partial charge on any atom is 0.193 e. The van der Waals surface area contributed by atoms with Crippen LogP contribution in [0.1, 0.15) is 31.2 Å². The topological polar surface area (TPSA) is 30.9 Å². The van der Waals surface area contributed by atoms with Gasteiger partial charge in [-0.3, -0.25) is 4.99 Å². The molecule has 5 heteroatoms. The molecule has 0 spiro atoms. The minimum Gasteiger partial charge on any atom is -0.356 e. The van der Waals surface area contributed by atoms with Crippen LogP contribution in [0.2, 0.25) is 0 Å². The Kier molecular flexibility index (Phi) is 9.19. The number of halogens is 1. The second-order valence-corrected chi connectivity index (χ2v) is 7.80. The fraction of sp³-hybridized carbons (Fsp3) is 0.667. The molecule has 0 bridgehead atoms. The molecule has 1 aromatic carbocycles. The van der Waals surface area contributed by atoms with E-state index in [0.717, 1.165) is 37.4 Å². The SMILES string of the molecule is CN=C(NCCC1CCN(C)CC1)N1CCC(Cc2ccccc2)C1.I. The van der Waals surface area contributed by atoms with Crippen LogP contribution >= 0.6 is 24.0 Å². The number of likely N-dealkylation sites (tertiary alicyclic amines) is 2. The number of nitrogens with one attached hydrogen (secondary N) is 1. The zero-order valence-corrected chi connectivity index (χ0v) is 18.7. The Morgan fingerprint density at radius 1 is 1.08 bits per heavy atom. The van der Waals surface area contributed by atoms with E-state index >= 15 is 0 Å². The number of guanidine groups is 1. The Morgan fingerprint density at radius 3 is 2.46 bits per heavy atom. The minimum atomic E-state index is 0. The lowest BCUT2D eigenvalue weighted by Gasteiger charge is -2.29. The summed E-state index contributed by atoms with van der Waals surface area (Å²) in [6.07, 6.45) is 6.42. The maximum atomic E-state index is 4.53. The van der Waals surface area contributed by atoms with Crippen molar-refractivity contribution in [2.24, 2.45) is 16.8 Å². The molecule has 0 saturated carbocycles. The number of rotatable bonds is 5. The molecule has 0 aliphatic carbocycles. The molecule has 0 radical (unpaired) electrons. The Balaban J connectivity index is 0.00000243. The standard InChI is InChI=1S/C21H34N4.HI/c1-22-21(23-12-8-18-9-13-24(2)14-10-18)25-15-11-20(17-25)16-19-6-4-3-5-7-19;/h3-7,18,20H,8-17H2,1-2H3,(H,22,23);1H. The smallest absolute Gasteiger partial charge is 0.193 e. The highest BCUT2D eigenvalue weighted by molar-refractivity contribution is 14.0. The van der Waals surface area contributed by atoms with E-state index in [1.54, 1.807) is 0 Å². The highest BCUT2D eigenvalue weighted by Crippen LogP contribution is 2.21. The molecule has 1 aromatic rings. The Hall–Kier alpha value is -0.820. The van der Waals surface area contributed by atoms with E-state index in [9.17, 15) is 0 Å². The van der Waals surface area contributed by atoms with E-state index in [-0.39, 0.29) is 24.0 Å². The molecule has 3 rings (SSSR count). The van der Waals surface area contributed by atoms with Gasteiger partial charge in [-0.1, -0.05) is 30.3 Å². The van der Waals surface area contributed by atoms with Crippen LogP contribution in [0.25, 0.3) is 0 Å². The van der Waals surface area contributed by atoms with Gasteiger partial charge in [0.15, 0.2) is 5.96 Å². The second-order valence-electron chi connectivity index (χ2n) is 7.80. The fourth-order valence-corrected chi connectivity index (χ4v) is 4.21. The van der Waals surface area contributed by atoms with Crippen molar-refractivity contribution in [1.29, 1.82) is 0 Å². The van der Waals surface area contributed by atoms with Gasteiger partial charge in [0.1, 0.15) is 0 Å². The summed E-state index contributed by atoms with van der Waals surface area (Å²) in [5.74, 6) is 2.73. The number of piperidine rings is 1. The third-order valence-electron chi connectivity index (χ3n) is 5.84. The van der Waals surface area contributed by atoms with Gasteiger partial charge < -0.3 is 15.1 Å². The molecule has 26 heavy (non-hydrogen) atoms. The fourth-order valence-electron chi connectivity index (χ4n) is 4.21. The molecular weight excluding hydrogens is 435 g/mol. The van der Waals surface area contributed by atoms with Crippen LogP contribution in [0, 0.1) is 11.8 Å². The predicted octanol–water partition coefficient (Wildman–Crippen LogP) is 3.48. The van der Waals surface area contributed by atoms with Crippen LogP contribution in [0.4, 0.5) is 0 Å². The van der Waals surface area contributed by atoms with Crippen LogP contribution in [0.15, 0.2) is 35.3 Å². The van der Waals surface area contributed by atoms with Gasteiger partial charge in [0, 0.05) is 26.7 Å². The summed E-state index contributed by atoms with van der Waals surface area (Å²) < 4.78 is 0. The van der Waals surface area contributed by atoms with Gasteiger partial charge in [0.05, 0.1) is 0 Å². The summed E-state index contributed by atoms with van der Waals surface area (Å²) >= 11 is 0. The maximum absolute atomic E-state index is 4.53. The lowest BCUT2D eigenvalue weighted by molar-refractivity contribution is 0.212. The summed E-state index contributed by atoms with van der Waals surface area (Å²) in [6, 6.07) is 10.9. The number of hydrogen-bond acceptors (Lipinski definition) is 2. The molecule has 2 aliphatic rings. The summed E-state index contributed by atoms with van der Waals surface area (Å²) in [5.41, 5.74) is 1.46. The molecule has 2 aliphatic heterocycles. The number of aliphatic imine (C=N–C) groups is 1. The molecule has 146 valence electrons. The summed E-state index contributed by atoms with van der Waals surface area (Å²) in [5, 5.41) is 3.62. The van der Waals surface area contributed by atoms with Crippen molar-refractivity contribution in [3.05, 3.63) is 35.9 Å². The van der Waals surface area contributed by atoms with E-state index in [4.69, 9.17) is 0 Å². The van der Waals surface area contributed by atoms with Gasteiger partial charge in [-0.15, -0.1) is 24.0 Å². The van der Waals surface area contributed by atoms with E-state index in [0.29, 0.717) is 0 Å². The lowest BCUT2D eigenvalue weighted by Crippen LogP contribution is -2.41. The van der Waals surface area contributed by atoms with E-state index in [2.05, 4.69) is 57.5 Å². The zero-order valence-electron chi connectivity index (χ0n) is 16.4. The third-order valence-corrected chi connectivity index (χ3v) is 5.84. The van der Waals surface area contributed by atoms with E-state index < -0.39 is 0 Å². The van der Waals surface area contributed by atoms with Crippen LogP contribution in [-0.2, 0) is 6.42 Å². The van der Waals surface area contributed by atoms with Crippen molar-refractivity contribution < 1.29 is 0 Å². The normalized spacial score (nSPS) is 22.3. The molecule has 0 amide bonds. The van der Waals surface area contributed by atoms with Gasteiger partial charge in [0.2, 0.25) is 0 Å². The summed E-state index contributed by atoms with van der Waals surface area (Å²) in [6.45, 7) is 5.83. The van der Waals surface area contributed by atoms with Crippen LogP contribution in [-0.4, -0.2) is 62.6 Å². The van der Waals surface area contributed by atoms with Crippen LogP contribution in [0.3, 0.4) is 0 Å². The van der Waals surface area contributed by atoms with Gasteiger partial charge in [-0.2, -0.15) is 0 Å². The Bertz CT molecular complexity index is 540. The average Bonchev–Trinajstić information content (AvgIpc) is 3.09. The van der Waals surface area contributed by atoms with Crippen LogP contribution in [0.5, 0.6) is 0 Å². The molecule has 2 saturated heterocycles. The minimum absolute atomic E-state index is 0. The monoisotopic (exact) mass is 470 g/mol. The van der Waals surface area contributed by atoms with Crippen molar-refractivity contribution >= 4 is 29.9 Å². The Morgan fingerprint density at radius 2 is 1.77 bits per heavy atom. The van der Waals surface area contributed by atoms with Crippen molar-refractivity contribution in [3.8, 4) is 0 Å².